The number of amides is 2. The van der Waals surface area contributed by atoms with Gasteiger partial charge in [0.1, 0.15) is 18.1 Å². The average Bonchev–Trinajstić information content (AvgIpc) is 2.95. The van der Waals surface area contributed by atoms with Crippen LogP contribution in [0.5, 0.6) is 5.75 Å². The lowest BCUT2D eigenvalue weighted by atomic mass is 10.1. The highest BCUT2D eigenvalue weighted by Gasteiger charge is 2.23. The molecule has 7 heteroatoms. The maximum Gasteiger partial charge on any atom is 0.272 e. The SMILES string of the molecule is CC(=O)N1CCN(Cc2ccc3c(c2)CN(C(=O)c2cccc(C)n2)CCO3)CC1. The van der Waals surface area contributed by atoms with Crippen molar-refractivity contribution in [2.24, 2.45) is 0 Å². The lowest BCUT2D eigenvalue weighted by molar-refractivity contribution is -0.130. The smallest absolute Gasteiger partial charge is 0.272 e. The molecule has 0 aliphatic carbocycles. The topological polar surface area (TPSA) is 66.0 Å². The summed E-state index contributed by atoms with van der Waals surface area (Å²) in [6, 6.07) is 11.8. The molecule has 0 N–H and O–H groups in total. The quantitative estimate of drug-likeness (QED) is 0.778. The standard InChI is InChI=1S/C23H28N4O3/c1-17-4-3-5-21(24-17)23(29)27-12-13-30-22-7-6-19(14-20(22)16-27)15-25-8-10-26(11-9-25)18(2)28/h3-7,14H,8-13,15-16H2,1-2H3. The number of pyridine rings is 1. The third kappa shape index (κ3) is 4.62. The molecule has 0 atom stereocenters. The maximum atomic E-state index is 13.0. The zero-order valence-electron chi connectivity index (χ0n) is 17.6. The number of hydrogen-bond acceptors (Lipinski definition) is 5. The second-order valence-corrected chi connectivity index (χ2v) is 7.96. The van der Waals surface area contributed by atoms with E-state index in [1.54, 1.807) is 13.0 Å². The van der Waals surface area contributed by atoms with Crippen LogP contribution in [0.1, 0.15) is 34.2 Å². The van der Waals surface area contributed by atoms with Gasteiger partial charge in [0, 0.05) is 57.4 Å². The summed E-state index contributed by atoms with van der Waals surface area (Å²) in [6.45, 7) is 9.14. The second kappa shape index (κ2) is 8.83. The Kier molecular flexibility index (Phi) is 5.99. The van der Waals surface area contributed by atoms with Gasteiger partial charge in [-0.3, -0.25) is 14.5 Å². The minimum Gasteiger partial charge on any atom is -0.491 e. The molecule has 7 nitrogen and oxygen atoms in total. The van der Waals surface area contributed by atoms with Crippen LogP contribution in [0, 0.1) is 6.92 Å². The fraction of sp³-hybridized carbons (Fsp3) is 0.435. The van der Waals surface area contributed by atoms with E-state index in [4.69, 9.17) is 4.74 Å². The molecule has 1 fully saturated rings. The number of rotatable bonds is 3. The van der Waals surface area contributed by atoms with Crippen LogP contribution in [0.2, 0.25) is 0 Å². The van der Waals surface area contributed by atoms with Crippen LogP contribution in [0.4, 0.5) is 0 Å². The van der Waals surface area contributed by atoms with Crippen molar-refractivity contribution < 1.29 is 14.3 Å². The van der Waals surface area contributed by atoms with Gasteiger partial charge in [-0.25, -0.2) is 4.98 Å². The number of ether oxygens (including phenoxy) is 1. The summed E-state index contributed by atoms with van der Waals surface area (Å²) >= 11 is 0. The number of carbonyl (C=O) groups excluding carboxylic acids is 2. The van der Waals surface area contributed by atoms with E-state index in [1.807, 2.05) is 34.9 Å². The Morgan fingerprint density at radius 3 is 2.57 bits per heavy atom. The number of benzene rings is 1. The predicted molar refractivity (Wildman–Crippen MR) is 113 cm³/mol. The normalized spacial score (nSPS) is 17.1. The van der Waals surface area contributed by atoms with Crippen molar-refractivity contribution in [1.82, 2.24) is 19.7 Å². The summed E-state index contributed by atoms with van der Waals surface area (Å²) in [7, 11) is 0. The van der Waals surface area contributed by atoms with Crippen molar-refractivity contribution in [2.75, 3.05) is 39.3 Å². The van der Waals surface area contributed by atoms with Crippen LogP contribution in [0.25, 0.3) is 0 Å². The van der Waals surface area contributed by atoms with E-state index in [0.717, 1.165) is 49.7 Å². The first-order chi connectivity index (χ1) is 14.5. The van der Waals surface area contributed by atoms with E-state index in [9.17, 15) is 9.59 Å². The van der Waals surface area contributed by atoms with Gasteiger partial charge < -0.3 is 14.5 Å². The number of aromatic nitrogens is 1. The third-order valence-electron chi connectivity index (χ3n) is 5.72. The van der Waals surface area contributed by atoms with Crippen molar-refractivity contribution in [3.05, 3.63) is 58.9 Å². The molecule has 0 unspecified atom stereocenters. The van der Waals surface area contributed by atoms with E-state index in [0.29, 0.717) is 25.4 Å². The number of hydrogen-bond donors (Lipinski definition) is 0. The minimum absolute atomic E-state index is 0.0686. The van der Waals surface area contributed by atoms with E-state index in [1.165, 1.54) is 5.56 Å². The van der Waals surface area contributed by atoms with Crippen molar-refractivity contribution in [2.45, 2.75) is 26.9 Å². The van der Waals surface area contributed by atoms with Crippen LogP contribution < -0.4 is 4.74 Å². The van der Waals surface area contributed by atoms with Gasteiger partial charge in [-0.2, -0.15) is 0 Å². The van der Waals surface area contributed by atoms with E-state index in [-0.39, 0.29) is 11.8 Å². The lowest BCUT2D eigenvalue weighted by Gasteiger charge is -2.34. The van der Waals surface area contributed by atoms with Gasteiger partial charge in [-0.1, -0.05) is 12.1 Å². The molecule has 2 aromatic rings. The summed E-state index contributed by atoms with van der Waals surface area (Å²) < 4.78 is 5.90. The second-order valence-electron chi connectivity index (χ2n) is 7.96. The largest absolute Gasteiger partial charge is 0.491 e. The first-order valence-electron chi connectivity index (χ1n) is 10.4. The van der Waals surface area contributed by atoms with Crippen molar-refractivity contribution >= 4 is 11.8 Å². The van der Waals surface area contributed by atoms with Gasteiger partial charge in [0.25, 0.3) is 5.91 Å². The summed E-state index contributed by atoms with van der Waals surface area (Å²) in [5.74, 6) is 0.915. The average molecular weight is 409 g/mol. The summed E-state index contributed by atoms with van der Waals surface area (Å²) in [5.41, 5.74) is 3.52. The molecule has 0 spiro atoms. The highest BCUT2D eigenvalue weighted by molar-refractivity contribution is 5.92. The number of piperazine rings is 1. The van der Waals surface area contributed by atoms with Gasteiger partial charge in [0.15, 0.2) is 0 Å². The monoisotopic (exact) mass is 408 g/mol. The third-order valence-corrected chi connectivity index (χ3v) is 5.72. The van der Waals surface area contributed by atoms with Gasteiger partial charge >= 0.3 is 0 Å². The van der Waals surface area contributed by atoms with Crippen LogP contribution in [-0.2, 0) is 17.9 Å². The van der Waals surface area contributed by atoms with E-state index < -0.39 is 0 Å². The molecule has 2 aliphatic rings. The number of fused-ring (bicyclic) bond motifs is 1. The molecular formula is C23H28N4O3. The Labute approximate surface area is 177 Å². The van der Waals surface area contributed by atoms with Crippen molar-refractivity contribution in [3.8, 4) is 5.75 Å². The van der Waals surface area contributed by atoms with Gasteiger partial charge in [0.2, 0.25) is 5.91 Å². The molecule has 1 saturated heterocycles. The van der Waals surface area contributed by atoms with Crippen LogP contribution >= 0.6 is 0 Å². The predicted octanol–water partition coefficient (Wildman–Crippen LogP) is 2.09. The number of aryl methyl sites for hydroxylation is 1. The highest BCUT2D eigenvalue weighted by Crippen LogP contribution is 2.26. The van der Waals surface area contributed by atoms with E-state index in [2.05, 4.69) is 22.0 Å². The molecular weight excluding hydrogens is 380 g/mol. The van der Waals surface area contributed by atoms with Crippen LogP contribution in [0.15, 0.2) is 36.4 Å². The van der Waals surface area contributed by atoms with Crippen molar-refractivity contribution in [1.29, 1.82) is 0 Å². The Hall–Kier alpha value is -2.93. The molecule has 0 saturated carbocycles. The van der Waals surface area contributed by atoms with Crippen LogP contribution in [0.3, 0.4) is 0 Å². The molecule has 2 aliphatic heterocycles. The molecule has 0 bridgehead atoms. The lowest BCUT2D eigenvalue weighted by Crippen LogP contribution is -2.47. The Morgan fingerprint density at radius 1 is 1.03 bits per heavy atom. The van der Waals surface area contributed by atoms with Gasteiger partial charge in [0.05, 0.1) is 6.54 Å². The van der Waals surface area contributed by atoms with E-state index >= 15 is 0 Å². The van der Waals surface area contributed by atoms with Gasteiger partial charge in [-0.15, -0.1) is 0 Å². The first-order valence-corrected chi connectivity index (χ1v) is 10.4. The Balaban J connectivity index is 1.45. The molecule has 0 radical (unpaired) electrons. The first kappa shape index (κ1) is 20.3. The van der Waals surface area contributed by atoms with Gasteiger partial charge in [-0.05, 0) is 36.8 Å². The maximum absolute atomic E-state index is 13.0. The zero-order chi connectivity index (χ0) is 21.1. The minimum atomic E-state index is -0.0686. The summed E-state index contributed by atoms with van der Waals surface area (Å²) in [4.78, 5) is 34.9. The summed E-state index contributed by atoms with van der Waals surface area (Å²) in [6.07, 6.45) is 0. The number of nitrogens with zero attached hydrogens (tertiary/aromatic N) is 4. The fourth-order valence-electron chi connectivity index (χ4n) is 4.02. The molecule has 158 valence electrons. The Morgan fingerprint density at radius 2 is 1.83 bits per heavy atom. The molecule has 1 aromatic heterocycles. The number of carbonyl (C=O) groups is 2. The fourth-order valence-corrected chi connectivity index (χ4v) is 4.02. The molecule has 30 heavy (non-hydrogen) atoms. The summed E-state index contributed by atoms with van der Waals surface area (Å²) in [5, 5.41) is 0. The zero-order valence-corrected chi connectivity index (χ0v) is 17.6. The Bertz CT molecular complexity index is 938. The molecule has 4 rings (SSSR count). The molecule has 2 amide bonds. The molecule has 3 heterocycles. The molecule has 1 aromatic carbocycles. The highest BCUT2D eigenvalue weighted by atomic mass is 16.5. The van der Waals surface area contributed by atoms with Crippen LogP contribution in [-0.4, -0.2) is 70.8 Å². The van der Waals surface area contributed by atoms with Crippen molar-refractivity contribution in [3.63, 3.8) is 0 Å².